The van der Waals surface area contributed by atoms with Crippen LogP contribution in [0.2, 0.25) is 0 Å². The lowest BCUT2D eigenvalue weighted by Gasteiger charge is -2.09. The molecular formula is C14H20O2S. The molecule has 0 heterocycles. The summed E-state index contributed by atoms with van der Waals surface area (Å²) in [6, 6.07) is 4.34. The van der Waals surface area contributed by atoms with Gasteiger partial charge in [0.2, 0.25) is 0 Å². The Kier molecular flexibility index (Phi) is 5.59. The maximum Gasteiger partial charge on any atom is 0.178 e. The number of unbranched alkanes of at least 4 members (excludes halogenated alkanes) is 1. The molecule has 0 amide bonds. The summed E-state index contributed by atoms with van der Waals surface area (Å²) in [5.74, 6) is 0. The second-order valence-electron chi connectivity index (χ2n) is 4.33. The summed E-state index contributed by atoms with van der Waals surface area (Å²) in [6.07, 6.45) is 5.23. The van der Waals surface area contributed by atoms with Crippen LogP contribution < -0.4 is 0 Å². The molecule has 0 spiro atoms. The van der Waals surface area contributed by atoms with Crippen LogP contribution in [0.1, 0.15) is 42.0 Å². The number of hydrogen-bond donors (Lipinski definition) is 1. The highest BCUT2D eigenvalue weighted by atomic mass is 32.2. The maximum absolute atomic E-state index is 10.6. The van der Waals surface area contributed by atoms with Gasteiger partial charge < -0.3 is 4.55 Å². The second kappa shape index (κ2) is 6.72. The van der Waals surface area contributed by atoms with Crippen LogP contribution in [0.4, 0.5) is 0 Å². The van der Waals surface area contributed by atoms with E-state index >= 15 is 0 Å². The third-order valence-corrected chi connectivity index (χ3v) is 3.19. The molecule has 0 bridgehead atoms. The van der Waals surface area contributed by atoms with Crippen LogP contribution >= 0.6 is 0 Å². The van der Waals surface area contributed by atoms with E-state index in [2.05, 4.69) is 19.1 Å². The molecule has 1 N–H and O–H groups in total. The van der Waals surface area contributed by atoms with Gasteiger partial charge in [0.15, 0.2) is 11.1 Å². The summed E-state index contributed by atoms with van der Waals surface area (Å²) in [6.45, 7) is 6.28. The molecule has 94 valence electrons. The van der Waals surface area contributed by atoms with Crippen molar-refractivity contribution >= 4 is 17.2 Å². The summed E-state index contributed by atoms with van der Waals surface area (Å²) in [4.78, 5) is 0. The molecule has 3 heteroatoms. The van der Waals surface area contributed by atoms with Gasteiger partial charge in [0.05, 0.1) is 0 Å². The zero-order valence-electron chi connectivity index (χ0n) is 10.7. The molecule has 1 unspecified atom stereocenters. The smallest absolute Gasteiger partial charge is 0.178 e. The molecule has 1 aromatic carbocycles. The Morgan fingerprint density at radius 3 is 2.35 bits per heavy atom. The Labute approximate surface area is 106 Å². The average Bonchev–Trinajstić information content (AvgIpc) is 2.24. The Hall–Kier alpha value is -0.930. The lowest BCUT2D eigenvalue weighted by Crippen LogP contribution is -1.93. The van der Waals surface area contributed by atoms with Gasteiger partial charge in [-0.1, -0.05) is 25.5 Å². The van der Waals surface area contributed by atoms with E-state index in [0.717, 1.165) is 23.1 Å². The predicted molar refractivity (Wildman–Crippen MR) is 74.3 cm³/mol. The molecule has 0 aromatic heterocycles. The van der Waals surface area contributed by atoms with E-state index in [9.17, 15) is 4.21 Å². The second-order valence-corrected chi connectivity index (χ2v) is 5.15. The highest BCUT2D eigenvalue weighted by molar-refractivity contribution is 7.82. The topological polar surface area (TPSA) is 37.3 Å². The quantitative estimate of drug-likeness (QED) is 0.808. The van der Waals surface area contributed by atoms with E-state index in [4.69, 9.17) is 4.55 Å². The average molecular weight is 252 g/mol. The van der Waals surface area contributed by atoms with E-state index < -0.39 is 11.1 Å². The fraction of sp³-hybridized carbons (Fsp3) is 0.429. The molecule has 2 nitrogen and oxygen atoms in total. The van der Waals surface area contributed by atoms with Gasteiger partial charge in [0.1, 0.15) is 0 Å². The van der Waals surface area contributed by atoms with Crippen LogP contribution in [-0.4, -0.2) is 8.76 Å². The number of hydrogen-bond acceptors (Lipinski definition) is 1. The van der Waals surface area contributed by atoms with Crippen LogP contribution in [0.5, 0.6) is 0 Å². The zero-order valence-corrected chi connectivity index (χ0v) is 11.5. The van der Waals surface area contributed by atoms with Crippen LogP contribution in [0, 0.1) is 13.8 Å². The van der Waals surface area contributed by atoms with Crippen molar-refractivity contribution in [1.29, 1.82) is 0 Å². The zero-order chi connectivity index (χ0) is 12.8. The van der Waals surface area contributed by atoms with Crippen LogP contribution in [0.3, 0.4) is 0 Å². The highest BCUT2D eigenvalue weighted by Gasteiger charge is 2.02. The van der Waals surface area contributed by atoms with Gasteiger partial charge in [0.25, 0.3) is 0 Å². The Morgan fingerprint density at radius 2 is 1.88 bits per heavy atom. The van der Waals surface area contributed by atoms with Crippen molar-refractivity contribution in [2.24, 2.45) is 0 Å². The number of aryl methyl sites for hydroxylation is 3. The molecule has 1 aromatic rings. The first kappa shape index (κ1) is 14.1. The molecular weight excluding hydrogens is 232 g/mol. The minimum absolute atomic E-state index is 1.05. The van der Waals surface area contributed by atoms with Crippen molar-refractivity contribution in [3.8, 4) is 0 Å². The highest BCUT2D eigenvalue weighted by Crippen LogP contribution is 2.19. The summed E-state index contributed by atoms with van der Waals surface area (Å²) < 4.78 is 19.4. The standard InChI is InChI=1S/C14H20O2S/c1-4-5-6-13-9-11(2)14(12(3)10-13)7-8-17(15)16/h7-10H,4-6H2,1-3H3,(H,15,16)/b8-7+. The lowest BCUT2D eigenvalue weighted by molar-refractivity contribution is 0.574. The van der Waals surface area contributed by atoms with Crippen molar-refractivity contribution in [2.45, 2.75) is 40.0 Å². The van der Waals surface area contributed by atoms with E-state index in [-0.39, 0.29) is 0 Å². The molecule has 0 aliphatic carbocycles. The van der Waals surface area contributed by atoms with Gasteiger partial charge >= 0.3 is 0 Å². The normalized spacial score (nSPS) is 13.2. The molecule has 1 atom stereocenters. The third kappa shape index (κ3) is 4.44. The largest absolute Gasteiger partial charge is 0.303 e. The summed E-state index contributed by atoms with van der Waals surface area (Å²) >= 11 is -1.87. The Bertz CT molecular complexity index is 413. The summed E-state index contributed by atoms with van der Waals surface area (Å²) in [7, 11) is 0. The summed E-state index contributed by atoms with van der Waals surface area (Å²) in [5.41, 5.74) is 4.73. The van der Waals surface area contributed by atoms with Crippen molar-refractivity contribution in [1.82, 2.24) is 0 Å². The number of rotatable bonds is 5. The molecule has 0 saturated carbocycles. The van der Waals surface area contributed by atoms with E-state index in [1.807, 2.05) is 13.8 Å². The lowest BCUT2D eigenvalue weighted by atomic mass is 9.97. The first-order valence-electron chi connectivity index (χ1n) is 5.92. The predicted octanol–water partition coefficient (Wildman–Crippen LogP) is 3.84. The molecule has 0 aliphatic heterocycles. The third-order valence-electron chi connectivity index (χ3n) is 2.82. The molecule has 17 heavy (non-hydrogen) atoms. The van der Waals surface area contributed by atoms with Crippen molar-refractivity contribution < 1.29 is 8.76 Å². The van der Waals surface area contributed by atoms with Crippen LogP contribution in [0.25, 0.3) is 6.08 Å². The minimum Gasteiger partial charge on any atom is -0.303 e. The molecule has 0 radical (unpaired) electrons. The van der Waals surface area contributed by atoms with E-state index in [0.29, 0.717) is 0 Å². The first-order chi connectivity index (χ1) is 8.04. The van der Waals surface area contributed by atoms with Gasteiger partial charge in [0, 0.05) is 5.41 Å². The van der Waals surface area contributed by atoms with Gasteiger partial charge in [-0.05, 0) is 55.0 Å². The fourth-order valence-electron chi connectivity index (χ4n) is 1.98. The van der Waals surface area contributed by atoms with E-state index in [1.54, 1.807) is 6.08 Å². The van der Waals surface area contributed by atoms with Gasteiger partial charge in [-0.25, -0.2) is 4.21 Å². The Morgan fingerprint density at radius 1 is 1.29 bits per heavy atom. The van der Waals surface area contributed by atoms with Crippen LogP contribution in [0.15, 0.2) is 17.5 Å². The van der Waals surface area contributed by atoms with Crippen molar-refractivity contribution in [3.05, 3.63) is 39.8 Å². The van der Waals surface area contributed by atoms with Crippen LogP contribution in [-0.2, 0) is 17.5 Å². The molecule has 0 fully saturated rings. The van der Waals surface area contributed by atoms with Crippen molar-refractivity contribution in [3.63, 3.8) is 0 Å². The first-order valence-corrected chi connectivity index (χ1v) is 7.09. The molecule has 0 aliphatic rings. The van der Waals surface area contributed by atoms with Gasteiger partial charge in [-0.2, -0.15) is 0 Å². The monoisotopic (exact) mass is 252 g/mol. The SMILES string of the molecule is CCCCc1cc(C)c(/C=C/S(=O)O)c(C)c1. The fourth-order valence-corrected chi connectivity index (χ4v) is 2.23. The van der Waals surface area contributed by atoms with Gasteiger partial charge in [-0.3, -0.25) is 0 Å². The Balaban J connectivity index is 2.97. The minimum atomic E-state index is -1.87. The summed E-state index contributed by atoms with van der Waals surface area (Å²) in [5, 5.41) is 1.31. The molecule has 0 saturated heterocycles. The maximum atomic E-state index is 10.6. The van der Waals surface area contributed by atoms with Crippen molar-refractivity contribution in [2.75, 3.05) is 0 Å². The number of benzene rings is 1. The van der Waals surface area contributed by atoms with Gasteiger partial charge in [-0.15, -0.1) is 0 Å². The van der Waals surface area contributed by atoms with E-state index in [1.165, 1.54) is 23.8 Å². The molecule has 1 rings (SSSR count).